The first kappa shape index (κ1) is 12.6. The maximum absolute atomic E-state index is 12.1. The van der Waals surface area contributed by atoms with Crippen LogP contribution in [0.3, 0.4) is 0 Å². The van der Waals surface area contributed by atoms with Crippen molar-refractivity contribution in [1.29, 1.82) is 0 Å². The molecule has 2 rings (SSSR count). The third-order valence-electron chi connectivity index (χ3n) is 3.20. The molecule has 0 aromatic heterocycles. The van der Waals surface area contributed by atoms with Crippen LogP contribution in [0.2, 0.25) is 0 Å². The lowest BCUT2D eigenvalue weighted by Gasteiger charge is -2.32. The molecule has 0 spiro atoms. The average molecular weight is 297 g/mol. The van der Waals surface area contributed by atoms with Gasteiger partial charge in [0.15, 0.2) is 0 Å². The van der Waals surface area contributed by atoms with E-state index in [1.807, 2.05) is 30.1 Å². The second kappa shape index (κ2) is 5.65. The van der Waals surface area contributed by atoms with Gasteiger partial charge in [0.25, 0.3) is 0 Å². The minimum atomic E-state index is -0.00811. The zero-order valence-electron chi connectivity index (χ0n) is 9.95. The molecule has 1 heterocycles. The number of carbonyl (C=O) groups is 1. The number of likely N-dealkylation sites (tertiary alicyclic amines) is 1. The number of amides is 1. The van der Waals surface area contributed by atoms with Crippen molar-refractivity contribution >= 4 is 21.8 Å². The van der Waals surface area contributed by atoms with E-state index in [0.29, 0.717) is 6.54 Å². The third kappa shape index (κ3) is 2.87. The SMILES string of the molecule is CNC1CCCN(Cc2ccccc2Br)C1=O. The molecular formula is C13H17BrN2O. The van der Waals surface area contributed by atoms with Crippen LogP contribution in [0.1, 0.15) is 18.4 Å². The molecule has 1 N–H and O–H groups in total. The van der Waals surface area contributed by atoms with E-state index in [9.17, 15) is 4.79 Å². The monoisotopic (exact) mass is 296 g/mol. The van der Waals surface area contributed by atoms with E-state index in [2.05, 4.69) is 27.3 Å². The minimum Gasteiger partial charge on any atom is -0.337 e. The summed E-state index contributed by atoms with van der Waals surface area (Å²) in [7, 11) is 1.85. The fourth-order valence-corrected chi connectivity index (χ4v) is 2.61. The zero-order chi connectivity index (χ0) is 12.3. The predicted octanol–water partition coefficient (Wildman–Crippen LogP) is 2.16. The Hall–Kier alpha value is -0.870. The lowest BCUT2D eigenvalue weighted by atomic mass is 10.0. The third-order valence-corrected chi connectivity index (χ3v) is 3.97. The molecule has 1 amide bonds. The maximum Gasteiger partial charge on any atom is 0.239 e. The van der Waals surface area contributed by atoms with Crippen molar-refractivity contribution in [2.24, 2.45) is 0 Å². The van der Waals surface area contributed by atoms with Gasteiger partial charge in [-0.1, -0.05) is 34.1 Å². The Morgan fingerprint density at radius 2 is 2.24 bits per heavy atom. The smallest absolute Gasteiger partial charge is 0.239 e. The van der Waals surface area contributed by atoms with E-state index in [0.717, 1.165) is 29.4 Å². The molecule has 1 aliphatic heterocycles. The number of likely N-dealkylation sites (N-methyl/N-ethyl adjacent to an activating group) is 1. The van der Waals surface area contributed by atoms with Gasteiger partial charge in [0.1, 0.15) is 0 Å². The molecule has 17 heavy (non-hydrogen) atoms. The van der Waals surface area contributed by atoms with Gasteiger partial charge in [-0.15, -0.1) is 0 Å². The Bertz CT molecular complexity index is 408. The van der Waals surface area contributed by atoms with Crippen molar-refractivity contribution < 1.29 is 4.79 Å². The molecule has 0 bridgehead atoms. The first-order valence-electron chi connectivity index (χ1n) is 5.92. The maximum atomic E-state index is 12.1. The summed E-state index contributed by atoms with van der Waals surface area (Å²) in [5.41, 5.74) is 1.16. The van der Waals surface area contributed by atoms with Crippen molar-refractivity contribution in [3.8, 4) is 0 Å². The number of halogens is 1. The molecule has 0 aliphatic carbocycles. The first-order valence-corrected chi connectivity index (χ1v) is 6.71. The van der Waals surface area contributed by atoms with Crippen LogP contribution in [0, 0.1) is 0 Å². The fourth-order valence-electron chi connectivity index (χ4n) is 2.20. The summed E-state index contributed by atoms with van der Waals surface area (Å²) in [6, 6.07) is 8.05. The van der Waals surface area contributed by atoms with Crippen LogP contribution < -0.4 is 5.32 Å². The van der Waals surface area contributed by atoms with Crippen LogP contribution in [0.5, 0.6) is 0 Å². The molecule has 4 heteroatoms. The van der Waals surface area contributed by atoms with E-state index < -0.39 is 0 Å². The van der Waals surface area contributed by atoms with Gasteiger partial charge < -0.3 is 10.2 Å². The van der Waals surface area contributed by atoms with E-state index in [4.69, 9.17) is 0 Å². The Balaban J connectivity index is 2.08. The Labute approximate surface area is 110 Å². The summed E-state index contributed by atoms with van der Waals surface area (Å²) in [6.45, 7) is 1.55. The van der Waals surface area contributed by atoms with Crippen LogP contribution in [0.4, 0.5) is 0 Å². The molecule has 1 aliphatic rings. The number of nitrogens with zero attached hydrogens (tertiary/aromatic N) is 1. The van der Waals surface area contributed by atoms with Gasteiger partial charge in [0, 0.05) is 17.6 Å². The standard InChI is InChI=1S/C13H17BrN2O/c1-15-12-7-4-8-16(13(12)17)9-10-5-2-3-6-11(10)14/h2-3,5-6,12,15H,4,7-9H2,1H3. The van der Waals surface area contributed by atoms with E-state index in [-0.39, 0.29) is 11.9 Å². The molecule has 1 fully saturated rings. The Kier molecular flexibility index (Phi) is 4.18. The van der Waals surface area contributed by atoms with Crippen LogP contribution in [-0.2, 0) is 11.3 Å². The Morgan fingerprint density at radius 1 is 1.47 bits per heavy atom. The molecule has 1 saturated heterocycles. The van der Waals surface area contributed by atoms with E-state index >= 15 is 0 Å². The van der Waals surface area contributed by atoms with Crippen LogP contribution in [0.25, 0.3) is 0 Å². The predicted molar refractivity (Wildman–Crippen MR) is 71.6 cm³/mol. The van der Waals surface area contributed by atoms with Gasteiger partial charge in [-0.25, -0.2) is 0 Å². The molecule has 0 radical (unpaired) electrons. The topological polar surface area (TPSA) is 32.3 Å². The van der Waals surface area contributed by atoms with Crippen LogP contribution in [0.15, 0.2) is 28.7 Å². The normalized spacial score (nSPS) is 20.7. The van der Waals surface area contributed by atoms with Gasteiger partial charge >= 0.3 is 0 Å². The van der Waals surface area contributed by atoms with Crippen molar-refractivity contribution in [3.05, 3.63) is 34.3 Å². The van der Waals surface area contributed by atoms with Gasteiger partial charge in [-0.3, -0.25) is 4.79 Å². The molecule has 0 saturated carbocycles. The quantitative estimate of drug-likeness (QED) is 0.927. The van der Waals surface area contributed by atoms with Gasteiger partial charge in [0.05, 0.1) is 6.04 Å². The lowest BCUT2D eigenvalue weighted by Crippen LogP contribution is -2.49. The summed E-state index contributed by atoms with van der Waals surface area (Å²) >= 11 is 3.52. The van der Waals surface area contributed by atoms with Gasteiger partial charge in [-0.2, -0.15) is 0 Å². The van der Waals surface area contributed by atoms with Gasteiger partial charge in [0.2, 0.25) is 5.91 Å². The Morgan fingerprint density at radius 3 is 2.94 bits per heavy atom. The molecule has 1 atom stereocenters. The highest BCUT2D eigenvalue weighted by Crippen LogP contribution is 2.20. The molecule has 1 aromatic carbocycles. The second-order valence-corrected chi connectivity index (χ2v) is 5.19. The first-order chi connectivity index (χ1) is 8.22. The van der Waals surface area contributed by atoms with Crippen molar-refractivity contribution in [1.82, 2.24) is 10.2 Å². The van der Waals surface area contributed by atoms with Crippen LogP contribution >= 0.6 is 15.9 Å². The number of piperidine rings is 1. The largest absolute Gasteiger partial charge is 0.337 e. The summed E-state index contributed by atoms with van der Waals surface area (Å²) in [4.78, 5) is 14.1. The number of hydrogen-bond acceptors (Lipinski definition) is 2. The lowest BCUT2D eigenvalue weighted by molar-refractivity contribution is -0.136. The van der Waals surface area contributed by atoms with Gasteiger partial charge in [-0.05, 0) is 31.5 Å². The molecule has 92 valence electrons. The van der Waals surface area contributed by atoms with Crippen molar-refractivity contribution in [2.75, 3.05) is 13.6 Å². The fraction of sp³-hybridized carbons (Fsp3) is 0.462. The second-order valence-electron chi connectivity index (χ2n) is 4.33. The highest BCUT2D eigenvalue weighted by Gasteiger charge is 2.27. The van der Waals surface area contributed by atoms with Crippen molar-refractivity contribution in [2.45, 2.75) is 25.4 Å². The highest BCUT2D eigenvalue weighted by atomic mass is 79.9. The highest BCUT2D eigenvalue weighted by molar-refractivity contribution is 9.10. The minimum absolute atomic E-state index is 0.00811. The molecule has 3 nitrogen and oxygen atoms in total. The van der Waals surface area contributed by atoms with E-state index in [1.165, 1.54) is 0 Å². The summed E-state index contributed by atoms with van der Waals surface area (Å²) in [5, 5.41) is 3.08. The van der Waals surface area contributed by atoms with Crippen LogP contribution in [-0.4, -0.2) is 30.4 Å². The number of carbonyl (C=O) groups excluding carboxylic acids is 1. The summed E-state index contributed by atoms with van der Waals surface area (Å²) in [5.74, 6) is 0.217. The zero-order valence-corrected chi connectivity index (χ0v) is 11.5. The number of benzene rings is 1. The van der Waals surface area contributed by atoms with E-state index in [1.54, 1.807) is 0 Å². The molecule has 1 aromatic rings. The number of nitrogens with one attached hydrogen (secondary N) is 1. The average Bonchev–Trinajstić information content (AvgIpc) is 2.34. The summed E-state index contributed by atoms with van der Waals surface area (Å²) < 4.78 is 1.07. The number of hydrogen-bond donors (Lipinski definition) is 1. The molecular weight excluding hydrogens is 280 g/mol. The number of rotatable bonds is 3. The molecule has 1 unspecified atom stereocenters. The summed E-state index contributed by atoms with van der Waals surface area (Å²) in [6.07, 6.45) is 2.02. The van der Waals surface area contributed by atoms with Crippen molar-refractivity contribution in [3.63, 3.8) is 0 Å².